The summed E-state index contributed by atoms with van der Waals surface area (Å²) < 4.78 is 0. The van der Waals surface area contributed by atoms with Gasteiger partial charge in [0, 0.05) is 17.8 Å². The molecule has 0 aromatic carbocycles. The number of hydrogen-bond donors (Lipinski definition) is 0. The second-order valence-electron chi connectivity index (χ2n) is 3.67. The lowest BCUT2D eigenvalue weighted by Crippen LogP contribution is -2.26. The molecule has 1 saturated heterocycles. The van der Waals surface area contributed by atoms with E-state index in [0.29, 0.717) is 34.5 Å². The standard InChI is InChI=1S/C10H9BrCl2N2O/c1-5-7(12)3-8(13)10(14-5)15-4-6(11)2-9(15)16/h3,6H,2,4H2,1H3. The van der Waals surface area contributed by atoms with Crippen LogP contribution in [0.2, 0.25) is 10.0 Å². The smallest absolute Gasteiger partial charge is 0.229 e. The first kappa shape index (κ1) is 12.1. The van der Waals surface area contributed by atoms with E-state index in [4.69, 9.17) is 23.2 Å². The molecule has 2 rings (SSSR count). The summed E-state index contributed by atoms with van der Waals surface area (Å²) in [4.78, 5) is 17.7. The molecule has 0 spiro atoms. The molecule has 2 heterocycles. The van der Waals surface area contributed by atoms with Crippen LogP contribution in [-0.2, 0) is 4.79 Å². The second kappa shape index (κ2) is 4.51. The zero-order chi connectivity index (χ0) is 11.9. The number of aryl methyl sites for hydroxylation is 1. The van der Waals surface area contributed by atoms with Gasteiger partial charge in [-0.1, -0.05) is 39.1 Å². The van der Waals surface area contributed by atoms with Gasteiger partial charge in [0.1, 0.15) is 0 Å². The van der Waals surface area contributed by atoms with Gasteiger partial charge in [0.25, 0.3) is 0 Å². The first-order chi connectivity index (χ1) is 7.49. The molecule has 1 aliphatic heterocycles. The molecule has 1 atom stereocenters. The van der Waals surface area contributed by atoms with Crippen LogP contribution in [0.5, 0.6) is 0 Å². The van der Waals surface area contributed by atoms with Crippen molar-refractivity contribution in [2.75, 3.05) is 11.4 Å². The lowest BCUT2D eigenvalue weighted by Gasteiger charge is -2.17. The summed E-state index contributed by atoms with van der Waals surface area (Å²) in [6, 6.07) is 1.62. The van der Waals surface area contributed by atoms with E-state index in [1.165, 1.54) is 0 Å². The molecule has 1 aromatic rings. The van der Waals surface area contributed by atoms with Gasteiger partial charge < -0.3 is 0 Å². The molecular weight excluding hydrogens is 315 g/mol. The van der Waals surface area contributed by atoms with Gasteiger partial charge in [-0.15, -0.1) is 0 Å². The molecule has 0 radical (unpaired) electrons. The fourth-order valence-corrected chi connectivity index (χ4v) is 2.63. The van der Waals surface area contributed by atoms with E-state index in [9.17, 15) is 4.79 Å². The third kappa shape index (κ3) is 2.19. The predicted molar refractivity (Wildman–Crippen MR) is 68.7 cm³/mol. The van der Waals surface area contributed by atoms with Gasteiger partial charge in [-0.05, 0) is 13.0 Å². The van der Waals surface area contributed by atoms with Crippen molar-refractivity contribution in [2.24, 2.45) is 0 Å². The number of pyridine rings is 1. The maximum absolute atomic E-state index is 11.7. The molecule has 1 aliphatic rings. The highest BCUT2D eigenvalue weighted by atomic mass is 79.9. The molecule has 3 nitrogen and oxygen atoms in total. The minimum Gasteiger partial charge on any atom is -0.294 e. The van der Waals surface area contributed by atoms with Crippen LogP contribution in [0.1, 0.15) is 12.1 Å². The maximum atomic E-state index is 11.7. The van der Waals surface area contributed by atoms with E-state index in [-0.39, 0.29) is 10.7 Å². The number of hydrogen-bond acceptors (Lipinski definition) is 2. The lowest BCUT2D eigenvalue weighted by molar-refractivity contribution is -0.117. The molecule has 1 amide bonds. The molecule has 86 valence electrons. The van der Waals surface area contributed by atoms with Gasteiger partial charge in [-0.3, -0.25) is 9.69 Å². The van der Waals surface area contributed by atoms with Crippen molar-refractivity contribution >= 4 is 50.9 Å². The van der Waals surface area contributed by atoms with Crippen LogP contribution in [0, 0.1) is 6.92 Å². The normalized spacial score (nSPS) is 20.6. The van der Waals surface area contributed by atoms with Crippen LogP contribution in [0.4, 0.5) is 5.82 Å². The summed E-state index contributed by atoms with van der Waals surface area (Å²) in [7, 11) is 0. The molecule has 16 heavy (non-hydrogen) atoms. The van der Waals surface area contributed by atoms with Crippen molar-refractivity contribution in [2.45, 2.75) is 18.2 Å². The molecule has 0 saturated carbocycles. The highest BCUT2D eigenvalue weighted by Crippen LogP contribution is 2.32. The van der Waals surface area contributed by atoms with Gasteiger partial charge in [-0.25, -0.2) is 4.98 Å². The maximum Gasteiger partial charge on any atom is 0.229 e. The Bertz CT molecular complexity index is 453. The average Bonchev–Trinajstić information content (AvgIpc) is 2.51. The van der Waals surface area contributed by atoms with Crippen LogP contribution >= 0.6 is 39.1 Å². The minimum absolute atomic E-state index is 0.0259. The molecular formula is C10H9BrCl2N2O. The summed E-state index contributed by atoms with van der Waals surface area (Å²) in [6.45, 7) is 2.38. The highest BCUT2D eigenvalue weighted by molar-refractivity contribution is 9.09. The molecule has 1 aromatic heterocycles. The Morgan fingerprint density at radius 2 is 2.19 bits per heavy atom. The largest absolute Gasteiger partial charge is 0.294 e. The zero-order valence-corrected chi connectivity index (χ0v) is 11.6. The van der Waals surface area contributed by atoms with Crippen molar-refractivity contribution in [1.29, 1.82) is 0 Å². The lowest BCUT2D eigenvalue weighted by atomic mass is 10.3. The SMILES string of the molecule is Cc1nc(N2CC(Br)CC2=O)c(Cl)cc1Cl. The third-order valence-corrected chi connectivity index (χ3v) is 3.69. The van der Waals surface area contributed by atoms with E-state index in [2.05, 4.69) is 20.9 Å². The van der Waals surface area contributed by atoms with Crippen LogP contribution in [0.15, 0.2) is 6.07 Å². The summed E-state index contributed by atoms with van der Waals surface area (Å²) in [5.74, 6) is 0.522. The van der Waals surface area contributed by atoms with Crippen LogP contribution in [0.25, 0.3) is 0 Å². The number of nitrogens with zero attached hydrogens (tertiary/aromatic N) is 2. The number of amides is 1. The number of carbonyl (C=O) groups excluding carboxylic acids is 1. The van der Waals surface area contributed by atoms with Gasteiger partial charge in [-0.2, -0.15) is 0 Å². The highest BCUT2D eigenvalue weighted by Gasteiger charge is 2.31. The topological polar surface area (TPSA) is 33.2 Å². The molecule has 0 bridgehead atoms. The molecule has 1 unspecified atom stereocenters. The van der Waals surface area contributed by atoms with E-state index in [1.54, 1.807) is 17.9 Å². The Kier molecular flexibility index (Phi) is 3.42. The average molecular weight is 324 g/mol. The molecule has 0 aliphatic carbocycles. The van der Waals surface area contributed by atoms with Crippen LogP contribution in [0.3, 0.4) is 0 Å². The van der Waals surface area contributed by atoms with E-state index >= 15 is 0 Å². The quantitative estimate of drug-likeness (QED) is 0.744. The molecule has 0 N–H and O–H groups in total. The number of carbonyl (C=O) groups is 1. The Labute approximate surface area is 112 Å². The summed E-state index contributed by atoms with van der Waals surface area (Å²) in [5.41, 5.74) is 0.673. The Morgan fingerprint density at radius 3 is 2.75 bits per heavy atom. The Morgan fingerprint density at radius 1 is 1.50 bits per heavy atom. The van der Waals surface area contributed by atoms with E-state index < -0.39 is 0 Å². The zero-order valence-electron chi connectivity index (χ0n) is 8.51. The van der Waals surface area contributed by atoms with E-state index in [0.717, 1.165) is 0 Å². The van der Waals surface area contributed by atoms with Gasteiger partial charge in [0.2, 0.25) is 5.91 Å². The van der Waals surface area contributed by atoms with Crippen LogP contribution in [-0.4, -0.2) is 22.3 Å². The van der Waals surface area contributed by atoms with Gasteiger partial charge in [0.15, 0.2) is 5.82 Å². The third-order valence-electron chi connectivity index (χ3n) is 2.42. The second-order valence-corrected chi connectivity index (χ2v) is 5.78. The fraction of sp³-hybridized carbons (Fsp3) is 0.400. The Balaban J connectivity index is 2.41. The first-order valence-corrected chi connectivity index (χ1v) is 6.43. The van der Waals surface area contributed by atoms with Crippen molar-refractivity contribution < 1.29 is 4.79 Å². The molecule has 6 heteroatoms. The van der Waals surface area contributed by atoms with Crippen molar-refractivity contribution in [3.63, 3.8) is 0 Å². The monoisotopic (exact) mass is 322 g/mol. The van der Waals surface area contributed by atoms with Gasteiger partial charge >= 0.3 is 0 Å². The number of halogens is 3. The number of rotatable bonds is 1. The first-order valence-electron chi connectivity index (χ1n) is 4.76. The van der Waals surface area contributed by atoms with Crippen molar-refractivity contribution in [3.8, 4) is 0 Å². The van der Waals surface area contributed by atoms with E-state index in [1.807, 2.05) is 0 Å². The van der Waals surface area contributed by atoms with Crippen LogP contribution < -0.4 is 4.90 Å². The van der Waals surface area contributed by atoms with Crippen molar-refractivity contribution in [1.82, 2.24) is 4.98 Å². The fourth-order valence-electron chi connectivity index (χ4n) is 1.60. The summed E-state index contributed by atoms with van der Waals surface area (Å²) in [5, 5.41) is 0.918. The number of aromatic nitrogens is 1. The predicted octanol–water partition coefficient (Wildman–Crippen LogP) is 3.20. The Hall–Kier alpha value is -0.320. The number of alkyl halides is 1. The van der Waals surface area contributed by atoms with Crippen molar-refractivity contribution in [3.05, 3.63) is 21.8 Å². The number of anilines is 1. The minimum atomic E-state index is 0.0259. The molecule has 1 fully saturated rings. The summed E-state index contributed by atoms with van der Waals surface area (Å²) in [6.07, 6.45) is 0.472. The summed E-state index contributed by atoms with van der Waals surface area (Å²) >= 11 is 15.4. The van der Waals surface area contributed by atoms with Gasteiger partial charge in [0.05, 0.1) is 15.7 Å².